The first-order valence-corrected chi connectivity index (χ1v) is 7.29. The predicted octanol–water partition coefficient (Wildman–Crippen LogP) is 2.13. The molecule has 3 aromatic heterocycles. The van der Waals surface area contributed by atoms with Crippen molar-refractivity contribution < 1.29 is 18.4 Å². The monoisotopic (exact) mass is 325 g/mol. The maximum absolute atomic E-state index is 12.0. The molecule has 2 N–H and O–H groups in total. The molecule has 7 nitrogen and oxygen atoms in total. The number of nitrogens with zero attached hydrogens (tertiary/aromatic N) is 1. The van der Waals surface area contributed by atoms with E-state index in [1.165, 1.54) is 18.5 Å². The highest BCUT2D eigenvalue weighted by atomic mass is 16.3. The van der Waals surface area contributed by atoms with Crippen molar-refractivity contribution >= 4 is 11.8 Å². The number of pyridine rings is 1. The Morgan fingerprint density at radius 2 is 1.50 bits per heavy atom. The van der Waals surface area contributed by atoms with Crippen LogP contribution in [0.2, 0.25) is 0 Å². The second-order valence-corrected chi connectivity index (χ2v) is 4.96. The third kappa shape index (κ3) is 3.89. The van der Waals surface area contributed by atoms with Crippen LogP contribution in [0.25, 0.3) is 0 Å². The molecular weight excluding hydrogens is 310 g/mol. The molecule has 0 spiro atoms. The first-order chi connectivity index (χ1) is 11.7. The van der Waals surface area contributed by atoms with Crippen LogP contribution in [0.4, 0.5) is 0 Å². The standard InChI is InChI=1S/C17H15N3O4/c21-16(19-10-13-3-1-7-23-13)12-5-6-15(18-9-12)17(22)20-11-14-4-2-8-24-14/h1-9H,10-11H2,(H,19,21)(H,20,22). The first kappa shape index (κ1) is 15.5. The summed E-state index contributed by atoms with van der Waals surface area (Å²) in [5, 5.41) is 5.39. The van der Waals surface area contributed by atoms with Gasteiger partial charge in [0.25, 0.3) is 11.8 Å². The normalized spacial score (nSPS) is 10.3. The minimum atomic E-state index is -0.339. The van der Waals surface area contributed by atoms with E-state index in [0.717, 1.165) is 0 Å². The number of furan rings is 2. The average Bonchev–Trinajstić information content (AvgIpc) is 3.31. The molecule has 3 aromatic rings. The molecule has 3 rings (SSSR count). The lowest BCUT2D eigenvalue weighted by Crippen LogP contribution is -2.25. The lowest BCUT2D eigenvalue weighted by Gasteiger charge is -2.05. The summed E-state index contributed by atoms with van der Waals surface area (Å²) < 4.78 is 10.3. The van der Waals surface area contributed by atoms with Crippen molar-refractivity contribution in [3.05, 3.63) is 77.9 Å². The molecule has 0 aromatic carbocycles. The summed E-state index contributed by atoms with van der Waals surface area (Å²) >= 11 is 0. The number of aromatic nitrogens is 1. The van der Waals surface area contributed by atoms with Crippen LogP contribution in [0.1, 0.15) is 32.4 Å². The number of amides is 2. The van der Waals surface area contributed by atoms with Gasteiger partial charge in [0.15, 0.2) is 0 Å². The zero-order valence-electron chi connectivity index (χ0n) is 12.7. The van der Waals surface area contributed by atoms with Crippen molar-refractivity contribution in [2.75, 3.05) is 0 Å². The predicted molar refractivity (Wildman–Crippen MR) is 84.0 cm³/mol. The molecule has 0 unspecified atom stereocenters. The van der Waals surface area contributed by atoms with Gasteiger partial charge in [-0.15, -0.1) is 0 Å². The molecule has 24 heavy (non-hydrogen) atoms. The van der Waals surface area contributed by atoms with Crippen LogP contribution in [0.5, 0.6) is 0 Å². The number of hydrogen-bond acceptors (Lipinski definition) is 5. The average molecular weight is 325 g/mol. The van der Waals surface area contributed by atoms with Crippen LogP contribution in [0.15, 0.2) is 64.0 Å². The summed E-state index contributed by atoms with van der Waals surface area (Å²) in [5.41, 5.74) is 0.591. The zero-order valence-corrected chi connectivity index (χ0v) is 12.7. The summed E-state index contributed by atoms with van der Waals surface area (Å²) in [5.74, 6) is 0.679. The number of carbonyl (C=O) groups is 2. The molecule has 2 amide bonds. The van der Waals surface area contributed by atoms with Crippen molar-refractivity contribution in [3.8, 4) is 0 Å². The molecule has 122 valence electrons. The summed E-state index contributed by atoms with van der Waals surface area (Å²) in [6.45, 7) is 0.566. The molecule has 0 saturated carbocycles. The number of rotatable bonds is 6. The van der Waals surface area contributed by atoms with Gasteiger partial charge in [-0.1, -0.05) is 0 Å². The second-order valence-electron chi connectivity index (χ2n) is 4.96. The van der Waals surface area contributed by atoms with E-state index in [9.17, 15) is 9.59 Å². The van der Waals surface area contributed by atoms with E-state index in [0.29, 0.717) is 17.1 Å². The van der Waals surface area contributed by atoms with E-state index in [4.69, 9.17) is 8.83 Å². The topological polar surface area (TPSA) is 97.4 Å². The minimum Gasteiger partial charge on any atom is -0.467 e. The van der Waals surface area contributed by atoms with Crippen LogP contribution >= 0.6 is 0 Å². The lowest BCUT2D eigenvalue weighted by molar-refractivity contribution is 0.0932. The molecule has 0 radical (unpaired) electrons. The lowest BCUT2D eigenvalue weighted by atomic mass is 10.2. The third-order valence-electron chi connectivity index (χ3n) is 3.26. The summed E-state index contributed by atoms with van der Waals surface area (Å²) in [7, 11) is 0. The Kier molecular flexibility index (Phi) is 4.71. The maximum atomic E-state index is 12.0. The quantitative estimate of drug-likeness (QED) is 0.723. The molecule has 0 bridgehead atoms. The van der Waals surface area contributed by atoms with Crippen LogP contribution in [0, 0.1) is 0 Å². The van der Waals surface area contributed by atoms with Gasteiger partial charge in [0.05, 0.1) is 31.2 Å². The Morgan fingerprint density at radius 3 is 2.00 bits per heavy atom. The van der Waals surface area contributed by atoms with Crippen LogP contribution in [-0.4, -0.2) is 16.8 Å². The molecule has 7 heteroatoms. The Bertz CT molecular complexity index is 724. The second kappa shape index (κ2) is 7.28. The molecule has 0 fully saturated rings. The van der Waals surface area contributed by atoms with Crippen LogP contribution < -0.4 is 10.6 Å². The van der Waals surface area contributed by atoms with Gasteiger partial charge < -0.3 is 19.5 Å². The Labute approximate surface area is 137 Å². The van der Waals surface area contributed by atoms with E-state index in [1.807, 2.05) is 0 Å². The van der Waals surface area contributed by atoms with E-state index >= 15 is 0 Å². The van der Waals surface area contributed by atoms with E-state index in [-0.39, 0.29) is 30.6 Å². The summed E-state index contributed by atoms with van der Waals surface area (Å²) in [4.78, 5) is 28.0. The zero-order chi connectivity index (χ0) is 16.8. The highest BCUT2D eigenvalue weighted by Crippen LogP contribution is 2.04. The van der Waals surface area contributed by atoms with Crippen molar-refractivity contribution in [1.29, 1.82) is 0 Å². The van der Waals surface area contributed by atoms with E-state index < -0.39 is 0 Å². The fourth-order valence-corrected chi connectivity index (χ4v) is 2.02. The van der Waals surface area contributed by atoms with Crippen molar-refractivity contribution in [3.63, 3.8) is 0 Å². The van der Waals surface area contributed by atoms with E-state index in [1.54, 1.807) is 36.6 Å². The molecule has 0 aliphatic heterocycles. The number of carbonyl (C=O) groups excluding carboxylic acids is 2. The van der Waals surface area contributed by atoms with Gasteiger partial charge in [0, 0.05) is 6.20 Å². The van der Waals surface area contributed by atoms with Crippen molar-refractivity contribution in [2.24, 2.45) is 0 Å². The summed E-state index contributed by atoms with van der Waals surface area (Å²) in [6.07, 6.45) is 4.44. The first-order valence-electron chi connectivity index (χ1n) is 7.29. The Morgan fingerprint density at radius 1 is 0.875 bits per heavy atom. The van der Waals surface area contributed by atoms with Gasteiger partial charge in [-0.3, -0.25) is 14.6 Å². The molecule has 0 aliphatic rings. The molecular formula is C17H15N3O4. The highest BCUT2D eigenvalue weighted by molar-refractivity contribution is 5.96. The van der Waals surface area contributed by atoms with Gasteiger partial charge >= 0.3 is 0 Å². The Hall–Kier alpha value is -3.35. The highest BCUT2D eigenvalue weighted by Gasteiger charge is 2.11. The van der Waals surface area contributed by atoms with Crippen LogP contribution in [-0.2, 0) is 13.1 Å². The number of nitrogens with one attached hydrogen (secondary N) is 2. The SMILES string of the molecule is O=C(NCc1ccco1)c1ccc(C(=O)NCc2ccco2)nc1. The van der Waals surface area contributed by atoms with Crippen molar-refractivity contribution in [2.45, 2.75) is 13.1 Å². The van der Waals surface area contributed by atoms with Gasteiger partial charge in [-0.25, -0.2) is 0 Å². The van der Waals surface area contributed by atoms with Gasteiger partial charge in [-0.2, -0.15) is 0 Å². The fraction of sp³-hybridized carbons (Fsp3) is 0.118. The van der Waals surface area contributed by atoms with Gasteiger partial charge in [0.2, 0.25) is 0 Å². The fourth-order valence-electron chi connectivity index (χ4n) is 2.02. The van der Waals surface area contributed by atoms with Gasteiger partial charge in [0.1, 0.15) is 17.2 Å². The van der Waals surface area contributed by atoms with E-state index in [2.05, 4.69) is 15.6 Å². The molecule has 0 atom stereocenters. The minimum absolute atomic E-state index is 0.226. The maximum Gasteiger partial charge on any atom is 0.270 e. The summed E-state index contributed by atoms with van der Waals surface area (Å²) in [6, 6.07) is 10.1. The largest absolute Gasteiger partial charge is 0.467 e. The third-order valence-corrected chi connectivity index (χ3v) is 3.26. The molecule has 3 heterocycles. The molecule has 0 saturated heterocycles. The Balaban J connectivity index is 1.54. The number of hydrogen-bond donors (Lipinski definition) is 2. The van der Waals surface area contributed by atoms with Crippen molar-refractivity contribution in [1.82, 2.24) is 15.6 Å². The van der Waals surface area contributed by atoms with Gasteiger partial charge in [-0.05, 0) is 36.4 Å². The molecule has 0 aliphatic carbocycles. The van der Waals surface area contributed by atoms with Crippen LogP contribution in [0.3, 0.4) is 0 Å². The smallest absolute Gasteiger partial charge is 0.270 e.